The van der Waals surface area contributed by atoms with Gasteiger partial charge in [-0.05, 0) is 70.3 Å². The van der Waals surface area contributed by atoms with Gasteiger partial charge in [-0.3, -0.25) is 4.99 Å². The zero-order valence-electron chi connectivity index (χ0n) is 18.6. The molecule has 0 aliphatic heterocycles. The number of aliphatic hydroxyl groups is 1. The van der Waals surface area contributed by atoms with E-state index < -0.39 is 17.9 Å². The number of aliphatic hydroxyl groups excluding tert-OH is 1. The molecular formula is C24H33F3N2O2. The van der Waals surface area contributed by atoms with Gasteiger partial charge < -0.3 is 9.94 Å². The van der Waals surface area contributed by atoms with Gasteiger partial charge in [0.25, 0.3) is 0 Å². The van der Waals surface area contributed by atoms with Crippen molar-refractivity contribution in [2.45, 2.75) is 59.2 Å². The van der Waals surface area contributed by atoms with Gasteiger partial charge in [-0.2, -0.15) is 5.48 Å². The minimum Gasteiger partial charge on any atom is -0.516 e. The fraction of sp³-hybridized carbons (Fsp3) is 0.458. The summed E-state index contributed by atoms with van der Waals surface area (Å²) in [5.41, 5.74) is 4.14. The summed E-state index contributed by atoms with van der Waals surface area (Å²) < 4.78 is 42.0. The Balaban J connectivity index is 3.01. The molecule has 0 aromatic carbocycles. The van der Waals surface area contributed by atoms with E-state index >= 15 is 0 Å². The van der Waals surface area contributed by atoms with Crippen molar-refractivity contribution in [3.63, 3.8) is 0 Å². The maximum absolute atomic E-state index is 14.6. The molecule has 3 unspecified atom stereocenters. The minimum atomic E-state index is -0.949. The van der Waals surface area contributed by atoms with Gasteiger partial charge in [0.05, 0.1) is 19.0 Å². The fourth-order valence-corrected chi connectivity index (χ4v) is 3.23. The lowest BCUT2D eigenvalue weighted by Crippen LogP contribution is -2.28. The number of hydrogen-bond donors (Lipinski definition) is 2. The number of allylic oxidation sites excluding steroid dienone is 10. The molecule has 0 radical (unpaired) electrons. The van der Waals surface area contributed by atoms with Gasteiger partial charge in [-0.25, -0.2) is 13.2 Å². The number of nitrogens with zero attached hydrogens (tertiary/aromatic N) is 1. The number of alkyl halides is 1. The molecule has 1 aliphatic rings. The molecule has 172 valence electrons. The monoisotopic (exact) mass is 438 g/mol. The van der Waals surface area contributed by atoms with E-state index in [-0.39, 0.29) is 24.0 Å². The predicted octanol–water partition coefficient (Wildman–Crippen LogP) is 6.68. The van der Waals surface area contributed by atoms with E-state index in [0.717, 1.165) is 18.2 Å². The Morgan fingerprint density at radius 3 is 2.71 bits per heavy atom. The van der Waals surface area contributed by atoms with E-state index in [4.69, 9.17) is 4.84 Å². The Labute approximate surface area is 183 Å². The van der Waals surface area contributed by atoms with Gasteiger partial charge in [0.1, 0.15) is 11.7 Å². The van der Waals surface area contributed by atoms with E-state index in [1.807, 2.05) is 13.0 Å². The quantitative estimate of drug-likeness (QED) is 0.124. The van der Waals surface area contributed by atoms with Crippen LogP contribution in [0.25, 0.3) is 0 Å². The molecular weight excluding hydrogens is 405 g/mol. The molecule has 3 atom stereocenters. The second-order valence-corrected chi connectivity index (χ2v) is 7.27. The number of halogens is 3. The Morgan fingerprint density at radius 2 is 2.10 bits per heavy atom. The molecule has 0 spiro atoms. The largest absolute Gasteiger partial charge is 0.516 e. The van der Waals surface area contributed by atoms with Gasteiger partial charge in [0.2, 0.25) is 0 Å². The lowest BCUT2D eigenvalue weighted by Gasteiger charge is -2.19. The topological polar surface area (TPSA) is 53.9 Å². The van der Waals surface area contributed by atoms with Crippen LogP contribution in [0.2, 0.25) is 0 Å². The second kappa shape index (κ2) is 14.5. The van der Waals surface area contributed by atoms with E-state index in [1.165, 1.54) is 25.2 Å². The highest BCUT2D eigenvalue weighted by Crippen LogP contribution is 2.34. The first-order chi connectivity index (χ1) is 14.8. The van der Waals surface area contributed by atoms with E-state index in [1.54, 1.807) is 26.0 Å². The van der Waals surface area contributed by atoms with Crippen LogP contribution < -0.4 is 5.48 Å². The molecule has 0 heterocycles. The molecule has 1 rings (SSSR count). The van der Waals surface area contributed by atoms with Crippen molar-refractivity contribution in [2.75, 3.05) is 6.54 Å². The van der Waals surface area contributed by atoms with Gasteiger partial charge in [-0.1, -0.05) is 24.3 Å². The lowest BCUT2D eigenvalue weighted by molar-refractivity contribution is 0.138. The van der Waals surface area contributed by atoms with Crippen LogP contribution in [0.15, 0.2) is 76.1 Å². The van der Waals surface area contributed by atoms with Crippen molar-refractivity contribution >= 4 is 6.40 Å². The van der Waals surface area contributed by atoms with Gasteiger partial charge in [-0.15, -0.1) is 0 Å². The SMILES string of the molecule is C/C=C1/CCC=C(F)/C1=C\C(/C=C/O)C(=C/CN=CONC(C)CC(C)F)/C(F)=C\C. The second-order valence-electron chi connectivity index (χ2n) is 7.27. The summed E-state index contributed by atoms with van der Waals surface area (Å²) in [5.74, 6) is -1.55. The molecule has 0 aromatic heterocycles. The van der Waals surface area contributed by atoms with Crippen molar-refractivity contribution in [3.8, 4) is 0 Å². The number of hydrogen-bond acceptors (Lipinski definition) is 4. The van der Waals surface area contributed by atoms with Crippen LogP contribution in [0.4, 0.5) is 13.2 Å². The molecule has 1 aliphatic carbocycles. The molecule has 0 amide bonds. The standard InChI is InChI=1S/C24H33F3N2O2/c1-5-19-8-7-9-24(27)22(19)15-20(11-13-30)21(23(26)6-2)10-12-28-16-31-29-18(4)14-17(3)25/h5-6,9-11,13,15-18,20,29-30H,7-8,12,14H2,1-4H3/b13-11+,19-5-,21-10-,22-15-,23-6+,28-16?. The molecule has 0 aromatic rings. The molecule has 0 fully saturated rings. The van der Waals surface area contributed by atoms with Crippen LogP contribution in [0.5, 0.6) is 0 Å². The summed E-state index contributed by atoms with van der Waals surface area (Å²) in [6.45, 7) is 6.73. The first-order valence-corrected chi connectivity index (χ1v) is 10.4. The Hall–Kier alpha value is -2.54. The average molecular weight is 439 g/mol. The van der Waals surface area contributed by atoms with Crippen molar-refractivity contribution in [1.29, 1.82) is 0 Å². The predicted molar refractivity (Wildman–Crippen MR) is 121 cm³/mol. The van der Waals surface area contributed by atoms with Gasteiger partial charge >= 0.3 is 0 Å². The molecule has 0 bridgehead atoms. The molecule has 0 saturated heterocycles. The summed E-state index contributed by atoms with van der Waals surface area (Å²) in [6, 6.07) is -0.192. The summed E-state index contributed by atoms with van der Waals surface area (Å²) in [5, 5.41) is 9.33. The Bertz CT molecular complexity index is 778. The van der Waals surface area contributed by atoms with Crippen LogP contribution in [0.1, 0.15) is 47.0 Å². The molecule has 7 heteroatoms. The summed E-state index contributed by atoms with van der Waals surface area (Å²) in [7, 11) is 0. The van der Waals surface area contributed by atoms with Crippen LogP contribution >= 0.6 is 0 Å². The third-order valence-corrected chi connectivity index (χ3v) is 4.71. The molecule has 2 N–H and O–H groups in total. The highest BCUT2D eigenvalue weighted by Gasteiger charge is 2.19. The Morgan fingerprint density at radius 1 is 1.35 bits per heavy atom. The van der Waals surface area contributed by atoms with Gasteiger partial charge in [0.15, 0.2) is 6.40 Å². The normalized spacial score (nSPS) is 21.7. The average Bonchev–Trinajstić information content (AvgIpc) is 2.73. The third kappa shape index (κ3) is 9.42. The molecule has 4 nitrogen and oxygen atoms in total. The van der Waals surface area contributed by atoms with Crippen LogP contribution in [0.3, 0.4) is 0 Å². The maximum atomic E-state index is 14.6. The highest BCUT2D eigenvalue weighted by atomic mass is 19.1. The summed E-state index contributed by atoms with van der Waals surface area (Å²) in [4.78, 5) is 9.10. The summed E-state index contributed by atoms with van der Waals surface area (Å²) in [6.07, 6.45) is 11.8. The van der Waals surface area contributed by atoms with Crippen LogP contribution in [0, 0.1) is 5.92 Å². The maximum Gasteiger partial charge on any atom is 0.196 e. The van der Waals surface area contributed by atoms with Crippen molar-refractivity contribution in [3.05, 3.63) is 71.1 Å². The van der Waals surface area contributed by atoms with Crippen LogP contribution in [-0.2, 0) is 4.84 Å². The Kier molecular flexibility index (Phi) is 12.4. The molecule has 0 saturated carbocycles. The van der Waals surface area contributed by atoms with Crippen molar-refractivity contribution in [2.24, 2.45) is 10.9 Å². The zero-order valence-corrected chi connectivity index (χ0v) is 18.6. The first-order valence-electron chi connectivity index (χ1n) is 10.4. The highest BCUT2D eigenvalue weighted by molar-refractivity contribution is 5.49. The minimum absolute atomic E-state index is 0.0971. The smallest absolute Gasteiger partial charge is 0.196 e. The summed E-state index contributed by atoms with van der Waals surface area (Å²) >= 11 is 0. The van der Waals surface area contributed by atoms with Crippen molar-refractivity contribution < 1.29 is 23.1 Å². The third-order valence-electron chi connectivity index (χ3n) is 4.71. The number of aliphatic imine (C=N–C) groups is 1. The number of rotatable bonds is 11. The van der Waals surface area contributed by atoms with E-state index in [9.17, 15) is 18.3 Å². The molecule has 31 heavy (non-hydrogen) atoms. The lowest BCUT2D eigenvalue weighted by atomic mass is 9.88. The first kappa shape index (κ1) is 26.5. The zero-order chi connectivity index (χ0) is 23.2. The van der Waals surface area contributed by atoms with E-state index in [0.29, 0.717) is 24.8 Å². The number of nitrogens with one attached hydrogen (secondary N) is 1. The van der Waals surface area contributed by atoms with Crippen LogP contribution in [-0.4, -0.2) is 30.3 Å². The van der Waals surface area contributed by atoms with Crippen molar-refractivity contribution in [1.82, 2.24) is 5.48 Å². The number of hydroxylamine groups is 1. The van der Waals surface area contributed by atoms with E-state index in [2.05, 4.69) is 10.5 Å². The van der Waals surface area contributed by atoms with Gasteiger partial charge in [0, 0.05) is 17.5 Å². The fourth-order valence-electron chi connectivity index (χ4n) is 3.23.